The number of likely N-dealkylation sites (tertiary alicyclic amines) is 1. The number of fused-ring (bicyclic) bond motifs is 4. The zero-order valence-electron chi connectivity index (χ0n) is 17.9. The van der Waals surface area contributed by atoms with Crippen molar-refractivity contribution >= 4 is 17.3 Å². The molecule has 32 heavy (non-hydrogen) atoms. The summed E-state index contributed by atoms with van der Waals surface area (Å²) in [6, 6.07) is 27.3. The van der Waals surface area contributed by atoms with Crippen molar-refractivity contribution < 1.29 is 4.74 Å². The van der Waals surface area contributed by atoms with Crippen LogP contribution in [0.4, 0.5) is 0 Å². The summed E-state index contributed by atoms with van der Waals surface area (Å²) in [4.78, 5) is 2.53. The molecule has 0 bridgehead atoms. The van der Waals surface area contributed by atoms with Crippen LogP contribution in [0, 0.1) is 0 Å². The standard InChI is InChI=1S/C27H26ClN3O/c28-22-11-12-26-23(17-22)25-18-24(21-9-5-2-6-10-21)29-31(25)27(32-26)13-15-30(16-14-27)19-20-7-3-1-4-8-20/h1-12,17-18,25,29H,13-16,19H2. The third kappa shape index (κ3) is 3.49. The summed E-state index contributed by atoms with van der Waals surface area (Å²) >= 11 is 6.37. The highest BCUT2D eigenvalue weighted by Gasteiger charge is 2.51. The Morgan fingerprint density at radius 3 is 2.41 bits per heavy atom. The number of hydrazine groups is 1. The normalized spacial score (nSPS) is 21.9. The molecular formula is C27H26ClN3O. The van der Waals surface area contributed by atoms with E-state index >= 15 is 0 Å². The van der Waals surface area contributed by atoms with E-state index in [0.29, 0.717) is 0 Å². The first kappa shape index (κ1) is 19.9. The van der Waals surface area contributed by atoms with Crippen molar-refractivity contribution in [3.05, 3.63) is 107 Å². The highest BCUT2D eigenvalue weighted by molar-refractivity contribution is 6.30. The third-order valence-electron chi connectivity index (χ3n) is 6.84. The Bertz CT molecular complexity index is 1140. The molecule has 1 unspecified atom stereocenters. The Labute approximate surface area is 194 Å². The number of ether oxygens (including phenoxy) is 1. The second kappa shape index (κ2) is 7.96. The first-order valence-corrected chi connectivity index (χ1v) is 11.7. The van der Waals surface area contributed by atoms with Gasteiger partial charge in [0.05, 0.1) is 11.7 Å². The van der Waals surface area contributed by atoms with Gasteiger partial charge in [-0.3, -0.25) is 4.90 Å². The number of rotatable bonds is 3. The zero-order valence-corrected chi connectivity index (χ0v) is 18.6. The maximum atomic E-state index is 6.76. The van der Waals surface area contributed by atoms with Gasteiger partial charge in [0, 0.05) is 43.1 Å². The molecule has 3 aromatic carbocycles. The molecule has 0 amide bonds. The molecule has 1 atom stereocenters. The van der Waals surface area contributed by atoms with Crippen molar-refractivity contribution in [2.24, 2.45) is 0 Å². The predicted octanol–water partition coefficient (Wildman–Crippen LogP) is 5.63. The van der Waals surface area contributed by atoms with Crippen LogP contribution in [-0.2, 0) is 6.54 Å². The van der Waals surface area contributed by atoms with Crippen molar-refractivity contribution in [2.75, 3.05) is 13.1 Å². The molecule has 1 N–H and O–H groups in total. The molecule has 0 aromatic heterocycles. The quantitative estimate of drug-likeness (QED) is 0.568. The van der Waals surface area contributed by atoms with Gasteiger partial charge in [0.15, 0.2) is 5.72 Å². The predicted molar refractivity (Wildman–Crippen MR) is 128 cm³/mol. The molecule has 3 aliphatic heterocycles. The monoisotopic (exact) mass is 443 g/mol. The second-order valence-corrected chi connectivity index (χ2v) is 9.30. The van der Waals surface area contributed by atoms with E-state index in [1.54, 1.807) is 0 Å². The van der Waals surface area contributed by atoms with E-state index in [-0.39, 0.29) is 11.8 Å². The minimum Gasteiger partial charge on any atom is -0.470 e. The highest BCUT2D eigenvalue weighted by Crippen LogP contribution is 2.49. The lowest BCUT2D eigenvalue weighted by Crippen LogP contribution is -2.63. The number of benzene rings is 3. The van der Waals surface area contributed by atoms with Crippen LogP contribution in [0.2, 0.25) is 5.02 Å². The van der Waals surface area contributed by atoms with Gasteiger partial charge < -0.3 is 10.2 Å². The van der Waals surface area contributed by atoms with Gasteiger partial charge in [0.25, 0.3) is 0 Å². The van der Waals surface area contributed by atoms with Gasteiger partial charge in [-0.05, 0) is 35.4 Å². The fraction of sp³-hybridized carbons (Fsp3) is 0.259. The average molecular weight is 444 g/mol. The third-order valence-corrected chi connectivity index (χ3v) is 7.08. The van der Waals surface area contributed by atoms with Crippen LogP contribution < -0.4 is 10.2 Å². The van der Waals surface area contributed by atoms with Gasteiger partial charge >= 0.3 is 0 Å². The fourth-order valence-electron chi connectivity index (χ4n) is 5.17. The summed E-state index contributed by atoms with van der Waals surface area (Å²) in [6.45, 7) is 2.96. The fourth-order valence-corrected chi connectivity index (χ4v) is 5.35. The van der Waals surface area contributed by atoms with Gasteiger partial charge in [0.1, 0.15) is 5.75 Å². The number of halogens is 1. The van der Waals surface area contributed by atoms with Gasteiger partial charge in [-0.2, -0.15) is 5.01 Å². The summed E-state index contributed by atoms with van der Waals surface area (Å²) in [5.74, 6) is 0.944. The molecule has 0 radical (unpaired) electrons. The number of nitrogens with one attached hydrogen (secondary N) is 1. The first-order valence-electron chi connectivity index (χ1n) is 11.3. The van der Waals surface area contributed by atoms with Crippen LogP contribution in [0.25, 0.3) is 5.70 Å². The van der Waals surface area contributed by atoms with E-state index in [4.69, 9.17) is 16.3 Å². The Morgan fingerprint density at radius 2 is 1.66 bits per heavy atom. The van der Waals surface area contributed by atoms with Crippen LogP contribution in [0.3, 0.4) is 0 Å². The number of piperidine rings is 1. The molecule has 1 spiro atoms. The largest absolute Gasteiger partial charge is 0.470 e. The lowest BCUT2D eigenvalue weighted by molar-refractivity contribution is -0.160. The number of nitrogens with zero attached hydrogens (tertiary/aromatic N) is 2. The minimum absolute atomic E-state index is 0.0910. The molecule has 0 saturated carbocycles. The molecule has 1 saturated heterocycles. The van der Waals surface area contributed by atoms with Crippen molar-refractivity contribution in [1.29, 1.82) is 0 Å². The first-order chi connectivity index (χ1) is 15.7. The van der Waals surface area contributed by atoms with Crippen molar-refractivity contribution in [2.45, 2.75) is 31.2 Å². The SMILES string of the molecule is Clc1ccc2c(c1)C1C=C(c3ccccc3)NN1C1(CCN(Cc3ccccc3)CC1)O2. The summed E-state index contributed by atoms with van der Waals surface area (Å²) in [6.07, 6.45) is 4.17. The summed E-state index contributed by atoms with van der Waals surface area (Å²) < 4.78 is 6.76. The Hall–Kier alpha value is -2.79. The lowest BCUT2D eigenvalue weighted by Gasteiger charge is -2.51. The Balaban J connectivity index is 1.30. The van der Waals surface area contributed by atoms with E-state index in [1.165, 1.54) is 11.1 Å². The van der Waals surface area contributed by atoms with Gasteiger partial charge in [-0.1, -0.05) is 72.3 Å². The maximum absolute atomic E-state index is 6.76. The van der Waals surface area contributed by atoms with Crippen LogP contribution in [0.1, 0.15) is 35.6 Å². The van der Waals surface area contributed by atoms with E-state index in [0.717, 1.165) is 54.5 Å². The summed E-state index contributed by atoms with van der Waals surface area (Å²) in [7, 11) is 0. The maximum Gasteiger partial charge on any atom is 0.182 e. The van der Waals surface area contributed by atoms with Gasteiger partial charge in [-0.25, -0.2) is 0 Å². The molecular weight excluding hydrogens is 418 g/mol. The van der Waals surface area contributed by atoms with E-state index in [1.807, 2.05) is 18.2 Å². The minimum atomic E-state index is -0.383. The molecule has 6 rings (SSSR count). The molecule has 3 aliphatic rings. The van der Waals surface area contributed by atoms with E-state index < -0.39 is 0 Å². The van der Waals surface area contributed by atoms with Crippen LogP contribution in [-0.4, -0.2) is 28.7 Å². The molecule has 162 valence electrons. The zero-order chi connectivity index (χ0) is 21.5. The van der Waals surface area contributed by atoms with Gasteiger partial charge in [0.2, 0.25) is 0 Å². The van der Waals surface area contributed by atoms with Crippen LogP contribution in [0.15, 0.2) is 84.9 Å². The number of hydrogen-bond acceptors (Lipinski definition) is 4. The van der Waals surface area contributed by atoms with Crippen molar-refractivity contribution in [3.63, 3.8) is 0 Å². The van der Waals surface area contributed by atoms with E-state index in [9.17, 15) is 0 Å². The average Bonchev–Trinajstić information content (AvgIpc) is 3.30. The van der Waals surface area contributed by atoms with Crippen molar-refractivity contribution in [3.8, 4) is 5.75 Å². The summed E-state index contributed by atoms with van der Waals surface area (Å²) in [5, 5.41) is 3.07. The summed E-state index contributed by atoms with van der Waals surface area (Å²) in [5.41, 5.74) is 8.10. The van der Waals surface area contributed by atoms with E-state index in [2.05, 4.69) is 82.1 Å². The molecule has 3 heterocycles. The molecule has 1 fully saturated rings. The highest BCUT2D eigenvalue weighted by atomic mass is 35.5. The van der Waals surface area contributed by atoms with Gasteiger partial charge in [-0.15, -0.1) is 0 Å². The number of hydrogen-bond donors (Lipinski definition) is 1. The second-order valence-electron chi connectivity index (χ2n) is 8.87. The molecule has 0 aliphatic carbocycles. The Morgan fingerprint density at radius 1 is 0.938 bits per heavy atom. The lowest BCUT2D eigenvalue weighted by atomic mass is 9.92. The van der Waals surface area contributed by atoms with Crippen LogP contribution >= 0.6 is 11.6 Å². The Kier molecular flexibility index (Phi) is 4.94. The van der Waals surface area contributed by atoms with Crippen LogP contribution in [0.5, 0.6) is 5.75 Å². The van der Waals surface area contributed by atoms with Crippen molar-refractivity contribution in [1.82, 2.24) is 15.3 Å². The topological polar surface area (TPSA) is 27.7 Å². The molecule has 4 nitrogen and oxygen atoms in total. The smallest absolute Gasteiger partial charge is 0.182 e. The molecule has 5 heteroatoms. The molecule has 3 aromatic rings.